The summed E-state index contributed by atoms with van der Waals surface area (Å²) >= 11 is 0. The van der Waals surface area contributed by atoms with Gasteiger partial charge in [0.1, 0.15) is 37.6 Å². The van der Waals surface area contributed by atoms with Crippen LogP contribution in [-0.4, -0.2) is 126 Å². The van der Waals surface area contributed by atoms with Crippen molar-refractivity contribution in [3.63, 3.8) is 0 Å². The van der Waals surface area contributed by atoms with Gasteiger partial charge in [-0.15, -0.1) is 0 Å². The summed E-state index contributed by atoms with van der Waals surface area (Å²) in [5.74, 6) is -3.21. The van der Waals surface area contributed by atoms with Gasteiger partial charge in [-0.05, 0) is 48.3 Å². The van der Waals surface area contributed by atoms with Crippen molar-refractivity contribution in [2.45, 2.75) is 57.9 Å². The predicted molar refractivity (Wildman–Crippen MR) is 143 cm³/mol. The van der Waals surface area contributed by atoms with E-state index in [9.17, 15) is 28.8 Å². The van der Waals surface area contributed by atoms with Crippen LogP contribution in [0.5, 0.6) is 0 Å². The van der Waals surface area contributed by atoms with E-state index in [4.69, 9.17) is 18.9 Å². The molecule has 5 N–H and O–H groups in total. The lowest BCUT2D eigenvalue weighted by Crippen LogP contribution is -2.61. The molecule has 0 spiro atoms. The Kier molecular flexibility index (Phi) is 18.5. The fourth-order valence-corrected chi connectivity index (χ4v) is 3.31. The predicted octanol–water partition coefficient (Wildman–Crippen LogP) is -2.55. The van der Waals surface area contributed by atoms with E-state index in [2.05, 4.69) is 26.6 Å². The van der Waals surface area contributed by atoms with Crippen LogP contribution in [0.25, 0.3) is 0 Å². The molecule has 0 fully saturated rings. The van der Waals surface area contributed by atoms with Crippen molar-refractivity contribution in [3.8, 4) is 0 Å². The zero-order valence-electron chi connectivity index (χ0n) is 24.5. The Hall–Kier alpha value is -2.98. The molecule has 15 nitrogen and oxygen atoms in total. The van der Waals surface area contributed by atoms with Crippen molar-refractivity contribution in [1.82, 2.24) is 26.6 Å². The van der Waals surface area contributed by atoms with Crippen LogP contribution in [0.4, 0.5) is 0 Å². The van der Waals surface area contributed by atoms with Gasteiger partial charge in [0, 0.05) is 0 Å². The molecule has 0 radical (unpaired) electrons. The van der Waals surface area contributed by atoms with Crippen LogP contribution < -0.4 is 26.6 Å². The highest BCUT2D eigenvalue weighted by Crippen LogP contribution is 2.11. The fraction of sp³-hybridized carbons (Fsp3) is 0.760. The van der Waals surface area contributed by atoms with Gasteiger partial charge in [0.05, 0.1) is 32.2 Å². The molecule has 0 bridgehead atoms. The third kappa shape index (κ3) is 15.0. The molecule has 0 aromatic heterocycles. The van der Waals surface area contributed by atoms with Gasteiger partial charge in [0.25, 0.3) is 0 Å². The fourth-order valence-electron chi connectivity index (χ4n) is 3.31. The average Bonchev–Trinajstić information content (AvgIpc) is 2.90. The van der Waals surface area contributed by atoms with Gasteiger partial charge in [-0.25, -0.2) is 0 Å². The number of nitrogens with one attached hydrogen (secondary N) is 5. The highest BCUT2D eigenvalue weighted by Gasteiger charge is 2.38. The molecule has 0 aromatic carbocycles. The number of likely N-dealkylation sites (N-methyl/N-ethyl adjacent to an activating group) is 3. The van der Waals surface area contributed by atoms with Crippen LogP contribution in [0.3, 0.4) is 0 Å². The number of hydrogen-bond donors (Lipinski definition) is 5. The summed E-state index contributed by atoms with van der Waals surface area (Å²) in [6.45, 7) is 3.99. The summed E-state index contributed by atoms with van der Waals surface area (Å²) in [5.41, 5.74) is -1.63. The summed E-state index contributed by atoms with van der Waals surface area (Å²) in [4.78, 5) is 73.4. The Morgan fingerprint density at radius 2 is 1.15 bits per heavy atom. The van der Waals surface area contributed by atoms with E-state index in [0.717, 1.165) is 0 Å². The molecule has 0 aliphatic heterocycles. The van der Waals surface area contributed by atoms with Gasteiger partial charge in [0.15, 0.2) is 11.6 Å². The van der Waals surface area contributed by atoms with Crippen molar-refractivity contribution >= 4 is 35.4 Å². The maximum atomic E-state index is 13.0. The number of carbonyl (C=O) groups excluding carboxylic acids is 6. The van der Waals surface area contributed by atoms with Gasteiger partial charge in [-0.3, -0.25) is 34.1 Å². The summed E-state index contributed by atoms with van der Waals surface area (Å²) in [5, 5.41) is 13.3. The van der Waals surface area contributed by atoms with Crippen LogP contribution in [0, 0.1) is 0 Å². The molecule has 0 heterocycles. The van der Waals surface area contributed by atoms with E-state index in [1.165, 1.54) is 41.9 Å². The number of carbonyl (C=O) groups is 6. The quantitative estimate of drug-likeness (QED) is 0.0667. The molecule has 40 heavy (non-hydrogen) atoms. The normalized spacial score (nSPS) is 13.5. The summed E-state index contributed by atoms with van der Waals surface area (Å²) in [6, 6.07) is -0.824. The topological polar surface area (TPSA) is 199 Å². The average molecular weight is 576 g/mol. The van der Waals surface area contributed by atoms with E-state index < -0.39 is 67.4 Å². The largest absolute Gasteiger partial charge is 0.462 e. The first kappa shape index (κ1) is 37.0. The van der Waals surface area contributed by atoms with Gasteiger partial charge in [0.2, 0.25) is 5.91 Å². The van der Waals surface area contributed by atoms with E-state index in [1.807, 2.05) is 0 Å². The molecule has 1 amide bonds. The highest BCUT2D eigenvalue weighted by atomic mass is 16.6. The van der Waals surface area contributed by atoms with Crippen molar-refractivity contribution < 1.29 is 47.7 Å². The van der Waals surface area contributed by atoms with Gasteiger partial charge in [-0.1, -0.05) is 6.92 Å². The molecule has 230 valence electrons. The first-order valence-corrected chi connectivity index (χ1v) is 13.0. The molecule has 0 saturated carbocycles. The number of amides is 1. The smallest absolute Gasteiger partial charge is 0.319 e. The van der Waals surface area contributed by atoms with E-state index in [1.54, 1.807) is 6.92 Å². The first-order chi connectivity index (χ1) is 18.8. The third-order valence-electron chi connectivity index (χ3n) is 5.49. The van der Waals surface area contributed by atoms with Crippen molar-refractivity contribution in [1.29, 1.82) is 0 Å². The minimum Gasteiger partial charge on any atom is -0.462 e. The monoisotopic (exact) mass is 575 g/mol. The minimum absolute atomic E-state index is 0.132. The molecular weight excluding hydrogens is 530 g/mol. The van der Waals surface area contributed by atoms with Gasteiger partial charge in [-0.2, -0.15) is 0 Å². The van der Waals surface area contributed by atoms with E-state index >= 15 is 0 Å². The molecule has 15 heteroatoms. The second-order valence-corrected chi connectivity index (χ2v) is 9.19. The Labute approximate surface area is 235 Å². The van der Waals surface area contributed by atoms with Crippen LogP contribution in [0.2, 0.25) is 0 Å². The molecule has 0 aliphatic rings. The Morgan fingerprint density at radius 3 is 1.50 bits per heavy atom. The summed E-state index contributed by atoms with van der Waals surface area (Å²) in [6.07, 6.45) is -1.20. The van der Waals surface area contributed by atoms with Gasteiger partial charge < -0.3 is 40.2 Å². The van der Waals surface area contributed by atoms with Gasteiger partial charge >= 0.3 is 17.9 Å². The summed E-state index contributed by atoms with van der Waals surface area (Å²) < 4.78 is 21.3. The summed E-state index contributed by atoms with van der Waals surface area (Å²) in [7, 11) is 4.62. The minimum atomic E-state index is -1.63. The number of ketones is 2. The lowest BCUT2D eigenvalue weighted by atomic mass is 10.0. The van der Waals surface area contributed by atoms with E-state index in [-0.39, 0.29) is 37.7 Å². The number of hydrogen-bond acceptors (Lipinski definition) is 14. The standard InChI is InChI=1S/C25H45N5O10/c1-8-19(17(3)31)40-18(4)24(36)16(2)29-9-20(32)30-25(13-37-21(33)10-26-5,14-38-22(34)11-27-6)15-39-23(35)12-28-7/h16,18-19,26-29H,8-15H2,1-7H3,(H,30,32). The SMILES string of the molecule is CCC(OC(C)C(=O)C(C)NCC(=O)NC(COC(=O)CNC)(COC(=O)CNC)COC(=O)CNC)C(C)=O. The van der Waals surface area contributed by atoms with Crippen LogP contribution >= 0.6 is 0 Å². The molecule has 0 aliphatic carbocycles. The molecule has 0 saturated heterocycles. The zero-order valence-corrected chi connectivity index (χ0v) is 24.5. The van der Waals surface area contributed by atoms with Crippen molar-refractivity contribution in [2.24, 2.45) is 0 Å². The molecule has 3 unspecified atom stereocenters. The first-order valence-electron chi connectivity index (χ1n) is 13.0. The number of ether oxygens (including phenoxy) is 4. The molecule has 0 aromatic rings. The van der Waals surface area contributed by atoms with E-state index in [0.29, 0.717) is 6.42 Å². The maximum absolute atomic E-state index is 13.0. The number of Topliss-reactive ketones (excluding diaryl/α,β-unsaturated/α-hetero) is 2. The van der Waals surface area contributed by atoms with Crippen molar-refractivity contribution in [3.05, 3.63) is 0 Å². The van der Waals surface area contributed by atoms with Crippen molar-refractivity contribution in [2.75, 3.05) is 67.1 Å². The second-order valence-electron chi connectivity index (χ2n) is 9.19. The number of esters is 3. The van der Waals surface area contributed by atoms with Crippen LogP contribution in [-0.2, 0) is 47.7 Å². The zero-order chi connectivity index (χ0) is 30.7. The lowest BCUT2D eigenvalue weighted by Gasteiger charge is -2.33. The lowest BCUT2D eigenvalue weighted by molar-refractivity contribution is -0.158. The number of rotatable bonds is 22. The second kappa shape index (κ2) is 20.0. The third-order valence-corrected chi connectivity index (χ3v) is 5.49. The Morgan fingerprint density at radius 1 is 0.725 bits per heavy atom. The van der Waals surface area contributed by atoms with Crippen LogP contribution in [0.1, 0.15) is 34.1 Å². The highest BCUT2D eigenvalue weighted by molar-refractivity contribution is 5.89. The van der Waals surface area contributed by atoms with Crippen LogP contribution in [0.15, 0.2) is 0 Å². The Bertz CT molecular complexity index is 799. The maximum Gasteiger partial charge on any atom is 0.319 e. The molecular formula is C25H45N5O10. The molecule has 0 rings (SSSR count). The molecule has 3 atom stereocenters. The Balaban J connectivity index is 5.61.